The minimum absolute atomic E-state index is 0.00437. The van der Waals surface area contributed by atoms with Gasteiger partial charge in [0.1, 0.15) is 6.61 Å². The van der Waals surface area contributed by atoms with Gasteiger partial charge in [-0.25, -0.2) is 4.79 Å². The predicted molar refractivity (Wildman–Crippen MR) is 187 cm³/mol. The molecule has 0 bridgehead atoms. The van der Waals surface area contributed by atoms with Gasteiger partial charge in [-0.3, -0.25) is 4.90 Å². The molecule has 0 aliphatic carbocycles. The molecule has 1 heterocycles. The summed E-state index contributed by atoms with van der Waals surface area (Å²) in [5.74, 6) is -0.00437. The average molecular weight is 651 g/mol. The molecule has 0 unspecified atom stereocenters. The lowest BCUT2D eigenvalue weighted by atomic mass is 9.89. The Morgan fingerprint density at radius 1 is 0.938 bits per heavy atom. The lowest BCUT2D eigenvalue weighted by molar-refractivity contribution is -0.276. The van der Waals surface area contributed by atoms with Gasteiger partial charge in [-0.15, -0.1) is 0 Å². The zero-order chi connectivity index (χ0) is 34.0. The van der Waals surface area contributed by atoms with Gasteiger partial charge in [-0.1, -0.05) is 111 Å². The maximum atomic E-state index is 11.9. The number of carbonyl (C=O) groups is 1. The van der Waals surface area contributed by atoms with Crippen LogP contribution in [-0.4, -0.2) is 53.6 Å². The van der Waals surface area contributed by atoms with E-state index in [1.807, 2.05) is 111 Å². The molecule has 4 aromatic rings. The van der Waals surface area contributed by atoms with Crippen LogP contribution in [0.5, 0.6) is 0 Å². The fraction of sp³-hybridized carbons (Fsp3) is 0.325. The van der Waals surface area contributed by atoms with E-state index in [0.29, 0.717) is 13.1 Å². The van der Waals surface area contributed by atoms with Crippen LogP contribution in [0.4, 0.5) is 4.79 Å². The van der Waals surface area contributed by atoms with E-state index in [1.165, 1.54) is 6.08 Å². The molecule has 1 fully saturated rings. The number of ether oxygens (including phenoxy) is 3. The van der Waals surface area contributed by atoms with Crippen LogP contribution in [0, 0.1) is 5.92 Å². The second kappa shape index (κ2) is 16.7. The summed E-state index contributed by atoms with van der Waals surface area (Å²) < 4.78 is 18.5. The Labute approximate surface area is 283 Å². The molecule has 6 atom stereocenters. The Morgan fingerprint density at radius 3 is 2.35 bits per heavy atom. The molecule has 5 rings (SSSR count). The van der Waals surface area contributed by atoms with Crippen molar-refractivity contribution in [2.45, 2.75) is 57.6 Å². The molecule has 0 aromatic heterocycles. The van der Waals surface area contributed by atoms with Crippen molar-refractivity contribution in [3.63, 3.8) is 0 Å². The number of aliphatic hydroxyl groups excluding tert-OH is 2. The molecule has 0 spiro atoms. The third kappa shape index (κ3) is 8.78. The molecule has 0 saturated carbocycles. The predicted octanol–water partition coefficient (Wildman–Crippen LogP) is 7.10. The molecule has 8 heteroatoms. The van der Waals surface area contributed by atoms with Crippen molar-refractivity contribution in [1.29, 1.82) is 0 Å². The van der Waals surface area contributed by atoms with Gasteiger partial charge in [-0.05, 0) is 59.5 Å². The van der Waals surface area contributed by atoms with Gasteiger partial charge in [0.05, 0.1) is 24.9 Å². The summed E-state index contributed by atoms with van der Waals surface area (Å²) in [5.41, 5.74) is 6.55. The van der Waals surface area contributed by atoms with Crippen molar-refractivity contribution in [3.05, 3.63) is 144 Å². The number of hydrogen-bond acceptors (Lipinski definition) is 7. The molecule has 252 valence electrons. The first kappa shape index (κ1) is 35.0. The number of nitrogens with zero attached hydrogens (tertiary/aromatic N) is 1. The average Bonchev–Trinajstić information content (AvgIpc) is 3.13. The van der Waals surface area contributed by atoms with Crippen LogP contribution in [0.25, 0.3) is 11.1 Å². The molecule has 1 aliphatic heterocycles. The van der Waals surface area contributed by atoms with E-state index >= 15 is 0 Å². The van der Waals surface area contributed by atoms with Crippen molar-refractivity contribution < 1.29 is 29.2 Å². The molecule has 1 amide bonds. The van der Waals surface area contributed by atoms with Crippen LogP contribution < -0.4 is 5.32 Å². The molecular formula is C40H46N2O6. The first-order valence-corrected chi connectivity index (χ1v) is 16.4. The highest BCUT2D eigenvalue weighted by Crippen LogP contribution is 2.42. The summed E-state index contributed by atoms with van der Waals surface area (Å²) in [6.45, 7) is 8.78. The van der Waals surface area contributed by atoms with Gasteiger partial charge in [0.2, 0.25) is 0 Å². The standard InChI is InChI=1S/C40H46N2O6/c1-5-21-46-40(45)41-24-30-11-9-14-33(22-30)34-15-10-16-35(23-34)39-47-36(25-42(4)28(3)37(44)31-12-7-6-8-13-31)27(2)38(48-39)32-19-17-29(26-43)18-20-32/h5-20,22-23,27-28,36-39,43-44H,1,21,24-26H2,2-4H3,(H,41,45)/t27-,28-,36+,37-,38+,39+/m1/s1. The molecule has 4 aromatic carbocycles. The number of rotatable bonds is 13. The van der Waals surface area contributed by atoms with E-state index in [9.17, 15) is 15.0 Å². The highest BCUT2D eigenvalue weighted by atomic mass is 16.7. The van der Waals surface area contributed by atoms with Crippen LogP contribution in [0.2, 0.25) is 0 Å². The first-order valence-electron chi connectivity index (χ1n) is 16.4. The number of likely N-dealkylation sites (N-methyl/N-ethyl adjacent to an activating group) is 1. The number of aliphatic hydroxyl groups is 2. The number of hydrogen-bond donors (Lipinski definition) is 3. The van der Waals surface area contributed by atoms with Gasteiger partial charge < -0.3 is 29.7 Å². The van der Waals surface area contributed by atoms with E-state index in [0.717, 1.165) is 38.9 Å². The van der Waals surface area contributed by atoms with E-state index in [1.54, 1.807) is 0 Å². The normalized spacial score (nSPS) is 20.5. The van der Waals surface area contributed by atoms with E-state index in [4.69, 9.17) is 14.2 Å². The number of benzene rings is 4. The van der Waals surface area contributed by atoms with Crippen molar-refractivity contribution in [3.8, 4) is 11.1 Å². The summed E-state index contributed by atoms with van der Waals surface area (Å²) >= 11 is 0. The van der Waals surface area contributed by atoms with E-state index in [2.05, 4.69) is 29.8 Å². The highest BCUT2D eigenvalue weighted by molar-refractivity contribution is 5.68. The number of nitrogens with one attached hydrogen (secondary N) is 1. The van der Waals surface area contributed by atoms with Crippen LogP contribution in [0.15, 0.2) is 116 Å². The lowest BCUT2D eigenvalue weighted by Gasteiger charge is -2.43. The van der Waals surface area contributed by atoms with Gasteiger partial charge in [-0.2, -0.15) is 0 Å². The zero-order valence-corrected chi connectivity index (χ0v) is 27.9. The van der Waals surface area contributed by atoms with Gasteiger partial charge in [0.25, 0.3) is 0 Å². The Balaban J connectivity index is 1.38. The van der Waals surface area contributed by atoms with E-state index in [-0.39, 0.29) is 37.4 Å². The minimum atomic E-state index is -0.649. The van der Waals surface area contributed by atoms with Gasteiger partial charge in [0, 0.05) is 30.6 Å². The molecule has 1 aliphatic rings. The third-order valence-corrected chi connectivity index (χ3v) is 9.07. The number of amides is 1. The largest absolute Gasteiger partial charge is 0.445 e. The van der Waals surface area contributed by atoms with Gasteiger partial charge in [0.15, 0.2) is 6.29 Å². The fourth-order valence-corrected chi connectivity index (χ4v) is 6.03. The molecule has 8 nitrogen and oxygen atoms in total. The van der Waals surface area contributed by atoms with Crippen molar-refractivity contribution in [2.24, 2.45) is 5.92 Å². The topological polar surface area (TPSA) is 100 Å². The number of alkyl carbamates (subject to hydrolysis) is 1. The first-order chi connectivity index (χ1) is 23.3. The Hall–Kier alpha value is -4.31. The molecule has 48 heavy (non-hydrogen) atoms. The quantitative estimate of drug-likeness (QED) is 0.133. The summed E-state index contributed by atoms with van der Waals surface area (Å²) in [7, 11) is 2.02. The summed E-state index contributed by atoms with van der Waals surface area (Å²) in [6, 6.07) is 33.6. The summed E-state index contributed by atoms with van der Waals surface area (Å²) in [6.07, 6.45) is -0.720. The minimum Gasteiger partial charge on any atom is -0.445 e. The molecule has 1 saturated heterocycles. The zero-order valence-electron chi connectivity index (χ0n) is 27.9. The van der Waals surface area contributed by atoms with Gasteiger partial charge >= 0.3 is 6.09 Å². The van der Waals surface area contributed by atoms with Crippen molar-refractivity contribution in [2.75, 3.05) is 20.2 Å². The molecule has 0 radical (unpaired) electrons. The summed E-state index contributed by atoms with van der Waals surface area (Å²) in [4.78, 5) is 14.1. The SMILES string of the molecule is C=CCOC(=O)NCc1cccc(-c2cccc([C@H]3O[C@@H](CN(C)[C@H](C)[C@@H](O)c4ccccc4)[C@@H](C)[C@@H](c4ccc(CO)cc4)O3)c2)c1. The Morgan fingerprint density at radius 2 is 1.65 bits per heavy atom. The van der Waals surface area contributed by atoms with Crippen LogP contribution in [0.1, 0.15) is 60.2 Å². The van der Waals surface area contributed by atoms with Crippen molar-refractivity contribution >= 4 is 6.09 Å². The maximum Gasteiger partial charge on any atom is 0.407 e. The van der Waals surface area contributed by atoms with E-state index < -0.39 is 18.5 Å². The van der Waals surface area contributed by atoms with Crippen molar-refractivity contribution in [1.82, 2.24) is 10.2 Å². The fourth-order valence-electron chi connectivity index (χ4n) is 6.03. The Bertz CT molecular complexity index is 1630. The molecular weight excluding hydrogens is 604 g/mol. The smallest absolute Gasteiger partial charge is 0.407 e. The Kier molecular flexibility index (Phi) is 12.2. The second-order valence-electron chi connectivity index (χ2n) is 12.4. The number of carbonyl (C=O) groups excluding carboxylic acids is 1. The summed E-state index contributed by atoms with van der Waals surface area (Å²) in [5, 5.41) is 23.5. The second-order valence-corrected chi connectivity index (χ2v) is 12.4. The maximum absolute atomic E-state index is 11.9. The van der Waals surface area contributed by atoms with Crippen LogP contribution in [-0.2, 0) is 27.4 Å². The third-order valence-electron chi connectivity index (χ3n) is 9.07. The van der Waals surface area contributed by atoms with Crippen LogP contribution >= 0.6 is 0 Å². The monoisotopic (exact) mass is 650 g/mol. The molecule has 3 N–H and O–H groups in total. The lowest BCUT2D eigenvalue weighted by Crippen LogP contribution is -2.46. The van der Waals surface area contributed by atoms with Crippen LogP contribution in [0.3, 0.4) is 0 Å². The highest BCUT2D eigenvalue weighted by Gasteiger charge is 2.39.